The normalized spacial score (nSPS) is 26.3. The second-order valence-corrected chi connectivity index (χ2v) is 23.7. The number of hydrogen-bond acceptors (Lipinski definition) is 16. The molecule has 3 N–H and O–H groups in total. The van der Waals surface area contributed by atoms with Gasteiger partial charge in [0.2, 0.25) is 5.88 Å². The fraction of sp³-hybridized carbons (Fsp3) is 0.519. The molecule has 9 heterocycles. The number of likely N-dealkylation sites (tertiary alicyclic amines) is 1. The molecule has 5 atom stereocenters. The number of piperidine rings is 1. The van der Waals surface area contributed by atoms with Gasteiger partial charge in [-0.25, -0.2) is 13.1 Å². The molecule has 1 aliphatic carbocycles. The van der Waals surface area contributed by atoms with E-state index in [4.69, 9.17) is 23.9 Å². The predicted molar refractivity (Wildman–Crippen MR) is 278 cm³/mol. The third-order valence-electron chi connectivity index (χ3n) is 17.6. The molecule has 1 spiro atoms. The third-order valence-corrected chi connectivity index (χ3v) is 18.9. The highest BCUT2D eigenvalue weighted by Gasteiger charge is 2.50. The van der Waals surface area contributed by atoms with E-state index in [2.05, 4.69) is 72.7 Å². The Labute approximate surface area is 430 Å². The second kappa shape index (κ2) is 18.7. The Morgan fingerprint density at radius 1 is 0.919 bits per heavy atom. The van der Waals surface area contributed by atoms with Crippen LogP contribution in [0.25, 0.3) is 11.0 Å². The Hall–Kier alpha value is -6.03. The first-order valence-corrected chi connectivity index (χ1v) is 27.9. The number of anilines is 4. The highest BCUT2D eigenvalue weighted by atomic mass is 32.2. The van der Waals surface area contributed by atoms with Crippen molar-refractivity contribution in [2.75, 3.05) is 94.0 Å². The van der Waals surface area contributed by atoms with E-state index in [1.807, 2.05) is 35.4 Å². The number of nitro groups is 1. The number of aromatic nitrogens is 2. The summed E-state index contributed by atoms with van der Waals surface area (Å²) in [6.07, 6.45) is 8.32. The smallest absolute Gasteiger partial charge is 0.297 e. The van der Waals surface area contributed by atoms with Crippen LogP contribution in [0.1, 0.15) is 73.0 Å². The number of sulfonamides is 1. The van der Waals surface area contributed by atoms with Crippen molar-refractivity contribution >= 4 is 55.4 Å². The fourth-order valence-corrected chi connectivity index (χ4v) is 14.6. The van der Waals surface area contributed by atoms with Crippen LogP contribution in [0, 0.1) is 22.5 Å². The lowest BCUT2D eigenvalue weighted by molar-refractivity contribution is -0.384. The Balaban J connectivity index is 0.762. The van der Waals surface area contributed by atoms with Gasteiger partial charge in [0.1, 0.15) is 24.0 Å². The Morgan fingerprint density at radius 3 is 2.53 bits per heavy atom. The average Bonchev–Trinajstić information content (AvgIpc) is 4.17. The number of carbonyl (C=O) groups excluding carboxylic acids is 1. The summed E-state index contributed by atoms with van der Waals surface area (Å²) < 4.78 is 55.1. The molecule has 1 saturated carbocycles. The summed E-state index contributed by atoms with van der Waals surface area (Å²) in [5, 5.41) is 16.8. The van der Waals surface area contributed by atoms with Crippen molar-refractivity contribution in [3.8, 4) is 11.6 Å². The lowest BCUT2D eigenvalue weighted by Crippen LogP contribution is -2.61. The molecule has 13 rings (SSSR count). The van der Waals surface area contributed by atoms with Crippen LogP contribution in [0.2, 0.25) is 0 Å². The number of rotatable bonds is 11. The fourth-order valence-electron chi connectivity index (χ4n) is 13.6. The standard InChI is InChI=1S/C54H64N10O9S/c1-33-6-3-4-7-41(33)43-8-5-15-62(43)38-24-54(25-38)12-16-60(17-13-54)37-9-10-42(44(21-37)63-46-20-35-11-14-55-51(35)57-53(46)73-49-32-71-31-47(49)63)52(65)58-74(68,69)40-22-45(64(66)67)50-48(23-40)72-28-36(56-50)27-59-18-19-61(34(2)26-59)39-29-70-30-39/h3-4,6-7,9-11,14,20-23,34,36,38-39,43,47,49,56H,5,8,12-13,15-19,24-32H2,1-2H3,(H,55,57)(H,58,65)/t34-,36-,43+,47-,49+/m1/s1. The average molecular weight is 1030 g/mol. The maximum absolute atomic E-state index is 14.8. The largest absolute Gasteiger partial charge is 0.489 e. The number of fused-ring (bicyclic) bond motifs is 4. The van der Waals surface area contributed by atoms with E-state index in [1.165, 1.54) is 42.9 Å². The number of pyridine rings is 1. The first kappa shape index (κ1) is 47.7. The molecule has 6 fully saturated rings. The summed E-state index contributed by atoms with van der Waals surface area (Å²) in [5.74, 6) is -0.499. The number of nitrogens with zero attached hydrogens (tertiary/aromatic N) is 7. The summed E-state index contributed by atoms with van der Waals surface area (Å²) in [7, 11) is -4.70. The zero-order chi connectivity index (χ0) is 50.5. The van der Waals surface area contributed by atoms with Crippen LogP contribution in [-0.2, 0) is 19.5 Å². The molecule has 0 radical (unpaired) electrons. The van der Waals surface area contributed by atoms with Gasteiger partial charge in [-0.2, -0.15) is 4.98 Å². The third kappa shape index (κ3) is 8.50. The molecule has 0 bridgehead atoms. The number of amides is 1. The van der Waals surface area contributed by atoms with Gasteiger partial charge in [-0.15, -0.1) is 0 Å². The van der Waals surface area contributed by atoms with E-state index in [0.717, 1.165) is 82.5 Å². The number of nitrogens with one attached hydrogen (secondary N) is 3. The molecule has 3 aromatic carbocycles. The maximum atomic E-state index is 14.8. The molecule has 0 unspecified atom stereocenters. The summed E-state index contributed by atoms with van der Waals surface area (Å²) in [5.41, 5.74) is 5.52. The van der Waals surface area contributed by atoms with Gasteiger partial charge < -0.3 is 39.0 Å². The molecule has 19 nitrogen and oxygen atoms in total. The SMILES string of the molecule is Cc1ccccc1[C@@H]1CCCN1C1CC2(CCN(c3ccc(C(=O)NS(=O)(=O)c4cc5c(c([N+](=O)[O-])c4)N[C@H](CN4CCN(C6COC6)[C@H](C)C4)CO5)c(N4c5cc6cc[nH]c6nc5O[C@H]5COC[C@H]54)c3)CC2)C1. The Kier molecular flexibility index (Phi) is 12.0. The Morgan fingerprint density at radius 2 is 1.74 bits per heavy atom. The summed E-state index contributed by atoms with van der Waals surface area (Å²) in [6.45, 7) is 12.7. The van der Waals surface area contributed by atoms with Crippen LogP contribution in [0.4, 0.5) is 28.4 Å². The number of aromatic amines is 1. The summed E-state index contributed by atoms with van der Waals surface area (Å²) >= 11 is 0. The van der Waals surface area contributed by atoms with Crippen molar-refractivity contribution in [3.05, 3.63) is 99.7 Å². The van der Waals surface area contributed by atoms with Crippen LogP contribution in [0.3, 0.4) is 0 Å². The van der Waals surface area contributed by atoms with E-state index in [1.54, 1.807) is 6.07 Å². The molecule has 74 heavy (non-hydrogen) atoms. The van der Waals surface area contributed by atoms with Crippen molar-refractivity contribution in [1.82, 2.24) is 29.4 Å². The minimum Gasteiger partial charge on any atom is -0.489 e. The molecule has 5 saturated heterocycles. The van der Waals surface area contributed by atoms with Gasteiger partial charge in [0.25, 0.3) is 21.6 Å². The van der Waals surface area contributed by atoms with Crippen LogP contribution < -0.4 is 29.3 Å². The number of hydrogen-bond donors (Lipinski definition) is 3. The molecule has 8 aliphatic rings. The zero-order valence-electron chi connectivity index (χ0n) is 41.9. The van der Waals surface area contributed by atoms with Gasteiger partial charge in [-0.3, -0.25) is 29.6 Å². The predicted octanol–water partition coefficient (Wildman–Crippen LogP) is 6.36. The molecule has 2 aromatic heterocycles. The summed E-state index contributed by atoms with van der Waals surface area (Å²) in [4.78, 5) is 46.3. The molecular formula is C54H64N10O9S. The number of carbonyl (C=O) groups is 1. The number of ether oxygens (including phenoxy) is 4. The first-order chi connectivity index (χ1) is 35.9. The number of H-pyrrole nitrogens is 1. The lowest BCUT2D eigenvalue weighted by atomic mass is 9.59. The van der Waals surface area contributed by atoms with E-state index in [-0.39, 0.29) is 41.1 Å². The molecular weight excluding hydrogens is 965 g/mol. The van der Waals surface area contributed by atoms with Crippen molar-refractivity contribution in [2.24, 2.45) is 5.41 Å². The van der Waals surface area contributed by atoms with Crippen LogP contribution >= 0.6 is 0 Å². The second-order valence-electron chi connectivity index (χ2n) is 22.1. The molecule has 1 amide bonds. The Bertz CT molecular complexity index is 3120. The van der Waals surface area contributed by atoms with Gasteiger partial charge in [0.15, 0.2) is 11.4 Å². The number of aryl methyl sites for hydroxylation is 1. The van der Waals surface area contributed by atoms with Crippen molar-refractivity contribution in [3.63, 3.8) is 0 Å². The topological polar surface area (TPSA) is 200 Å². The van der Waals surface area contributed by atoms with E-state index >= 15 is 0 Å². The van der Waals surface area contributed by atoms with Crippen LogP contribution in [0.15, 0.2) is 77.8 Å². The van der Waals surface area contributed by atoms with Gasteiger partial charge in [0, 0.05) is 86.8 Å². The minimum atomic E-state index is -4.70. The first-order valence-electron chi connectivity index (χ1n) is 26.4. The molecule has 7 aliphatic heterocycles. The van der Waals surface area contributed by atoms with Crippen LogP contribution in [0.5, 0.6) is 11.6 Å². The van der Waals surface area contributed by atoms with Gasteiger partial charge in [-0.05, 0) is 106 Å². The lowest BCUT2D eigenvalue weighted by Gasteiger charge is -2.56. The highest BCUT2D eigenvalue weighted by molar-refractivity contribution is 7.90. The monoisotopic (exact) mass is 1030 g/mol. The molecule has 5 aromatic rings. The van der Waals surface area contributed by atoms with Crippen molar-refractivity contribution in [1.29, 1.82) is 0 Å². The maximum Gasteiger partial charge on any atom is 0.297 e. The number of benzene rings is 3. The zero-order valence-corrected chi connectivity index (χ0v) is 42.7. The van der Waals surface area contributed by atoms with Gasteiger partial charge in [0.05, 0.1) is 65.6 Å². The minimum absolute atomic E-state index is 0.0282. The summed E-state index contributed by atoms with van der Waals surface area (Å²) in [6, 6.07) is 21.7. The number of nitro benzene ring substituents is 1. The van der Waals surface area contributed by atoms with Crippen LogP contribution in [-0.4, -0.2) is 159 Å². The van der Waals surface area contributed by atoms with E-state index in [9.17, 15) is 23.3 Å². The van der Waals surface area contributed by atoms with Gasteiger partial charge in [-0.1, -0.05) is 24.3 Å². The van der Waals surface area contributed by atoms with Crippen molar-refractivity contribution in [2.45, 2.75) is 99.6 Å². The van der Waals surface area contributed by atoms with E-state index in [0.29, 0.717) is 66.8 Å². The molecule has 390 valence electrons. The number of piperazine rings is 1. The highest BCUT2D eigenvalue weighted by Crippen LogP contribution is 2.55. The van der Waals surface area contributed by atoms with Gasteiger partial charge >= 0.3 is 0 Å². The van der Waals surface area contributed by atoms with Crippen molar-refractivity contribution < 1.29 is 37.1 Å². The molecule has 20 heteroatoms. The van der Waals surface area contributed by atoms with E-state index < -0.39 is 37.5 Å². The quantitative estimate of drug-likeness (QED) is 0.0974.